The molecule has 5 heterocycles. The van der Waals surface area contributed by atoms with Gasteiger partial charge in [0.25, 0.3) is 0 Å². The summed E-state index contributed by atoms with van der Waals surface area (Å²) >= 11 is 0. The van der Waals surface area contributed by atoms with Crippen LogP contribution in [0, 0.1) is 50.2 Å². The summed E-state index contributed by atoms with van der Waals surface area (Å²) in [5.41, 5.74) is -2.50. The molecular weight excluding hydrogens is 1240 g/mol. The lowest BCUT2D eigenvalue weighted by molar-refractivity contribution is -0.374. The SMILES string of the molecule is C/C=C(/C)C(=O)O[C@@H]1[C@@H](O)[C@H](O[C@H]2CC[C@@]3(C)C(CC[C@]4(C)C3CC=C3C5CC(C)(C)[C@@H](O)[C@H](O)[C@]5(CO[C@@H]5O[C@H](CO[C@@H]6O[C@H](CO)[C@@H](O)[C@H](O)[C@H]6O)[C@@H](O)[C@H](O)[C@H]5O[C@@H]5O[C@@H](C)[C@H](O)[C@@H](O)[C@H]5O)CC[C@]34C)C2(C)C)O[C@H](CO[C@@H]2O[C@H](CO)[C@@H](O)[C@H](O)[C@H]2O)[C@H]1O. The van der Waals surface area contributed by atoms with Gasteiger partial charge in [-0.05, 0) is 117 Å². The second kappa shape index (κ2) is 28.0. The quantitative estimate of drug-likeness (QED) is 0.0294. The number of allylic oxidation sites excluding steroid dienone is 3. The Hall–Kier alpha value is -2.13. The number of hydrogen-bond acceptors (Lipinski definition) is 29. The minimum absolute atomic E-state index is 0.0299. The predicted molar refractivity (Wildman–Crippen MR) is 320 cm³/mol. The van der Waals surface area contributed by atoms with Crippen molar-refractivity contribution < 1.29 is 144 Å². The average Bonchev–Trinajstić information content (AvgIpc) is 0.674. The lowest BCUT2D eigenvalue weighted by Crippen LogP contribution is -2.69. The second-order valence-corrected chi connectivity index (χ2v) is 30.7. The molecular formula is C65H106O29. The van der Waals surface area contributed by atoms with E-state index in [0.29, 0.717) is 38.5 Å². The Bertz CT molecular complexity index is 2660. The normalized spacial score (nSPS) is 52.7. The van der Waals surface area contributed by atoms with E-state index in [-0.39, 0.29) is 34.8 Å². The molecule has 35 atom stereocenters. The average molecular weight is 1350 g/mol. The van der Waals surface area contributed by atoms with E-state index in [2.05, 4.69) is 40.7 Å². The minimum Gasteiger partial charge on any atom is -0.453 e. The standard InChI is InChI=1S/C65H106O29/c1-11-26(2)54(83)93-50-41(72)33(24-85-56-47(78)44(75)39(70)31(22-67)89-56)90-58(49(50)80)92-36-15-16-62(8)34(61(36,6)7)14-17-64(10)35(62)13-12-28-29-20-60(4,5)52(81)53(82)65(29,19-18-63(28,64)9)25-86-59-51(94-57-48(79)42(73)37(68)27(3)87-57)45(76)40(71)32(91-59)23-84-55-46(77)43(74)38(69)30(21-66)88-55/h11-12,27,29-53,55-59,66-82H,13-25H2,1-10H3/b26-11-/t27-,29?,30+,31+,32+,33+,34?,35?,36-,37-,38+,39+,40+,41+,42+,43-,44-,45-,46+,47+,48+,49+,50-,51+,52-,53-,55+,56+,57-,58-,59+,62-,63+,64+,65-/m0/s1. The monoisotopic (exact) mass is 1350 g/mol. The Morgan fingerprint density at radius 1 is 0.543 bits per heavy atom. The Balaban J connectivity index is 0.900. The fraction of sp³-hybridized carbons (Fsp3) is 0.923. The van der Waals surface area contributed by atoms with E-state index in [1.165, 1.54) is 19.9 Å². The Morgan fingerprint density at radius 3 is 1.66 bits per heavy atom. The highest BCUT2D eigenvalue weighted by molar-refractivity contribution is 5.87. The van der Waals surface area contributed by atoms with Gasteiger partial charge in [-0.3, -0.25) is 0 Å². The maximum Gasteiger partial charge on any atom is 0.333 e. The molecule has 5 aliphatic heterocycles. The number of esters is 1. The molecule has 10 aliphatic rings. The van der Waals surface area contributed by atoms with Crippen molar-refractivity contribution in [1.82, 2.24) is 0 Å². The summed E-state index contributed by atoms with van der Waals surface area (Å²) in [4.78, 5) is 13.3. The number of ether oxygens (including phenoxy) is 11. The van der Waals surface area contributed by atoms with Crippen LogP contribution in [-0.4, -0.2) is 298 Å². The molecule has 9 fully saturated rings. The largest absolute Gasteiger partial charge is 0.453 e. The van der Waals surface area contributed by atoms with Crippen molar-refractivity contribution in [1.29, 1.82) is 0 Å². The van der Waals surface area contributed by atoms with Gasteiger partial charge in [0.2, 0.25) is 0 Å². The molecule has 0 aromatic rings. The van der Waals surface area contributed by atoms with Crippen LogP contribution in [0.4, 0.5) is 0 Å². The van der Waals surface area contributed by atoms with Gasteiger partial charge in [0.05, 0.1) is 57.5 Å². The van der Waals surface area contributed by atoms with Gasteiger partial charge in [-0.15, -0.1) is 0 Å². The number of fused-ring (bicyclic) bond motifs is 7. The van der Waals surface area contributed by atoms with Crippen LogP contribution in [0.15, 0.2) is 23.3 Å². The van der Waals surface area contributed by atoms with E-state index in [1.807, 2.05) is 13.8 Å². The number of aliphatic hydroxyl groups is 17. The molecule has 0 spiro atoms. The maximum atomic E-state index is 13.3. The van der Waals surface area contributed by atoms with Gasteiger partial charge >= 0.3 is 5.97 Å². The van der Waals surface area contributed by atoms with Crippen LogP contribution in [0.25, 0.3) is 0 Å². The van der Waals surface area contributed by atoms with Crippen LogP contribution < -0.4 is 0 Å². The topological polar surface area (TPSA) is 463 Å². The van der Waals surface area contributed by atoms with Crippen molar-refractivity contribution in [3.8, 4) is 0 Å². The fourth-order valence-electron chi connectivity index (χ4n) is 18.4. The van der Waals surface area contributed by atoms with Crippen molar-refractivity contribution in [3.63, 3.8) is 0 Å². The van der Waals surface area contributed by atoms with E-state index in [4.69, 9.17) is 52.1 Å². The highest BCUT2D eigenvalue weighted by Gasteiger charge is 2.71. The van der Waals surface area contributed by atoms with Crippen LogP contribution >= 0.6 is 0 Å². The predicted octanol–water partition coefficient (Wildman–Crippen LogP) is -3.25. The molecule has 0 radical (unpaired) electrons. The third-order valence-corrected chi connectivity index (χ3v) is 24.8. The highest BCUT2D eigenvalue weighted by Crippen LogP contribution is 2.76. The van der Waals surface area contributed by atoms with Gasteiger partial charge in [-0.1, -0.05) is 66.2 Å². The van der Waals surface area contributed by atoms with Gasteiger partial charge < -0.3 is 139 Å². The Kier molecular flexibility index (Phi) is 22.2. The summed E-state index contributed by atoms with van der Waals surface area (Å²) in [5.74, 6) is -1.11. The van der Waals surface area contributed by atoms with Crippen molar-refractivity contribution in [3.05, 3.63) is 23.3 Å². The molecule has 17 N–H and O–H groups in total. The molecule has 5 saturated heterocycles. The van der Waals surface area contributed by atoms with Gasteiger partial charge in [0, 0.05) is 11.0 Å². The molecule has 0 aromatic carbocycles. The van der Waals surface area contributed by atoms with Crippen LogP contribution in [0.1, 0.15) is 121 Å². The zero-order valence-corrected chi connectivity index (χ0v) is 55.2. The number of aliphatic hydroxyl groups excluding tert-OH is 17. The smallest absolute Gasteiger partial charge is 0.333 e. The molecule has 0 aromatic heterocycles. The highest BCUT2D eigenvalue weighted by atomic mass is 16.8. The summed E-state index contributed by atoms with van der Waals surface area (Å²) in [7, 11) is 0. The molecule has 29 heteroatoms. The lowest BCUT2D eigenvalue weighted by atomic mass is 9.33. The van der Waals surface area contributed by atoms with Gasteiger partial charge in [0.15, 0.2) is 37.6 Å². The molecule has 4 saturated carbocycles. The van der Waals surface area contributed by atoms with Gasteiger partial charge in [-0.2, -0.15) is 0 Å². The van der Waals surface area contributed by atoms with Crippen molar-refractivity contribution >= 4 is 5.97 Å². The number of hydrogen-bond donors (Lipinski definition) is 17. The second-order valence-electron chi connectivity index (χ2n) is 30.7. The first-order valence-corrected chi connectivity index (χ1v) is 33.4. The summed E-state index contributed by atoms with van der Waals surface area (Å²) in [6.07, 6.45) is -35.6. The molecule has 29 nitrogen and oxygen atoms in total. The molecule has 540 valence electrons. The maximum absolute atomic E-state index is 13.3. The van der Waals surface area contributed by atoms with Crippen molar-refractivity contribution in [2.24, 2.45) is 50.2 Å². The molecule has 3 unspecified atom stereocenters. The first-order chi connectivity index (χ1) is 44.0. The van der Waals surface area contributed by atoms with E-state index in [0.717, 1.165) is 18.4 Å². The van der Waals surface area contributed by atoms with E-state index in [1.54, 1.807) is 6.92 Å². The van der Waals surface area contributed by atoms with Crippen molar-refractivity contribution in [2.45, 2.75) is 292 Å². The van der Waals surface area contributed by atoms with Crippen LogP contribution in [0.3, 0.4) is 0 Å². The van der Waals surface area contributed by atoms with E-state index in [9.17, 15) is 91.6 Å². The third-order valence-electron chi connectivity index (χ3n) is 24.8. The number of carbonyl (C=O) groups is 1. The number of rotatable bonds is 17. The van der Waals surface area contributed by atoms with Gasteiger partial charge in [0.1, 0.15) is 110 Å². The van der Waals surface area contributed by atoms with Crippen LogP contribution in [0.5, 0.6) is 0 Å². The zero-order chi connectivity index (χ0) is 69.0. The summed E-state index contributed by atoms with van der Waals surface area (Å²) < 4.78 is 66.6. The van der Waals surface area contributed by atoms with E-state index < -0.39 is 232 Å². The van der Waals surface area contributed by atoms with Crippen LogP contribution in [-0.2, 0) is 56.9 Å². The van der Waals surface area contributed by atoms with Gasteiger partial charge in [-0.25, -0.2) is 4.79 Å². The van der Waals surface area contributed by atoms with E-state index >= 15 is 0 Å². The fourth-order valence-corrected chi connectivity index (χ4v) is 18.4. The molecule has 5 aliphatic carbocycles. The number of carbonyl (C=O) groups excluding carboxylic acids is 1. The first-order valence-electron chi connectivity index (χ1n) is 33.4. The third kappa shape index (κ3) is 12.8. The summed E-state index contributed by atoms with van der Waals surface area (Å²) in [5, 5.41) is 187. The van der Waals surface area contributed by atoms with Crippen LogP contribution in [0.2, 0.25) is 0 Å². The Morgan fingerprint density at radius 2 is 1.07 bits per heavy atom. The Labute approximate surface area is 547 Å². The molecule has 0 bridgehead atoms. The molecule has 10 rings (SSSR count). The zero-order valence-electron chi connectivity index (χ0n) is 55.2. The van der Waals surface area contributed by atoms with Crippen molar-refractivity contribution in [2.75, 3.05) is 33.0 Å². The summed E-state index contributed by atoms with van der Waals surface area (Å²) in [6.45, 7) is 16.7. The first kappa shape index (κ1) is 74.6. The summed E-state index contributed by atoms with van der Waals surface area (Å²) in [6, 6.07) is 0. The molecule has 0 amide bonds. The minimum atomic E-state index is -1.92. The molecule has 94 heavy (non-hydrogen) atoms. The lowest BCUT2D eigenvalue weighted by Gasteiger charge is -2.72.